The number of hydrogen-bond donors (Lipinski definition) is 1. The summed E-state index contributed by atoms with van der Waals surface area (Å²) in [4.78, 5) is 23.0. The Morgan fingerprint density at radius 1 is 1.16 bits per heavy atom. The van der Waals surface area contributed by atoms with E-state index in [4.69, 9.17) is 4.74 Å². The predicted molar refractivity (Wildman–Crippen MR) is 118 cm³/mol. The number of ether oxygens (including phenoxy) is 1. The number of benzene rings is 2. The molecule has 3 heterocycles. The third kappa shape index (κ3) is 3.72. The summed E-state index contributed by atoms with van der Waals surface area (Å²) in [5.74, 6) is 1.58. The van der Waals surface area contributed by atoms with Gasteiger partial charge in [0.25, 0.3) is 5.91 Å². The van der Waals surface area contributed by atoms with Gasteiger partial charge in [0, 0.05) is 29.2 Å². The van der Waals surface area contributed by atoms with Gasteiger partial charge in [-0.3, -0.25) is 4.79 Å². The normalized spacial score (nSPS) is 16.7. The fourth-order valence-electron chi connectivity index (χ4n) is 4.32. The maximum atomic E-state index is 13.3. The SMILES string of the molecule is Cc1nc(C)n(-c2ccc(C(=O)N3CCOC[C@@H]3Cc3c[nH]c4ccccc34)cc2)n1. The molecule has 7 nitrogen and oxygen atoms in total. The Hall–Kier alpha value is -3.45. The first-order valence-corrected chi connectivity index (χ1v) is 10.5. The number of amides is 1. The van der Waals surface area contributed by atoms with E-state index in [0.717, 1.165) is 29.3 Å². The fraction of sp³-hybridized carbons (Fsp3) is 0.292. The molecule has 1 aliphatic heterocycles. The summed E-state index contributed by atoms with van der Waals surface area (Å²) in [5, 5.41) is 5.61. The van der Waals surface area contributed by atoms with Crippen LogP contribution in [-0.2, 0) is 11.2 Å². The first-order chi connectivity index (χ1) is 15.1. The Bertz CT molecular complexity index is 1220. The van der Waals surface area contributed by atoms with Crippen LogP contribution in [0.5, 0.6) is 0 Å². The Balaban J connectivity index is 1.37. The summed E-state index contributed by atoms with van der Waals surface area (Å²) in [7, 11) is 0. The first kappa shape index (κ1) is 19.5. The number of carbonyl (C=O) groups is 1. The minimum absolute atomic E-state index is 0.000317. The highest BCUT2D eigenvalue weighted by molar-refractivity contribution is 5.94. The fourth-order valence-corrected chi connectivity index (χ4v) is 4.32. The van der Waals surface area contributed by atoms with Crippen LogP contribution in [0.1, 0.15) is 27.6 Å². The summed E-state index contributed by atoms with van der Waals surface area (Å²) in [6.07, 6.45) is 2.80. The molecule has 2 aromatic heterocycles. The van der Waals surface area contributed by atoms with Crippen molar-refractivity contribution in [3.63, 3.8) is 0 Å². The zero-order chi connectivity index (χ0) is 21.4. The van der Waals surface area contributed by atoms with Gasteiger partial charge in [-0.15, -0.1) is 0 Å². The first-order valence-electron chi connectivity index (χ1n) is 10.5. The van der Waals surface area contributed by atoms with Crippen molar-refractivity contribution in [3.05, 3.63) is 77.5 Å². The number of aromatic amines is 1. The molecule has 0 saturated carbocycles. The number of nitrogens with one attached hydrogen (secondary N) is 1. The number of rotatable bonds is 4. The molecule has 0 bridgehead atoms. The zero-order valence-electron chi connectivity index (χ0n) is 17.7. The minimum Gasteiger partial charge on any atom is -0.377 e. The number of fused-ring (bicyclic) bond motifs is 1. The van der Waals surface area contributed by atoms with Crippen LogP contribution in [0.3, 0.4) is 0 Å². The quantitative estimate of drug-likeness (QED) is 0.554. The van der Waals surface area contributed by atoms with Gasteiger partial charge in [-0.05, 0) is 56.2 Å². The molecule has 0 radical (unpaired) electrons. The Morgan fingerprint density at radius 2 is 1.97 bits per heavy atom. The van der Waals surface area contributed by atoms with Crippen molar-refractivity contribution in [2.24, 2.45) is 0 Å². The average molecular weight is 415 g/mol. The zero-order valence-corrected chi connectivity index (χ0v) is 17.7. The second kappa shape index (κ2) is 8.00. The summed E-state index contributed by atoms with van der Waals surface area (Å²) in [6.45, 7) is 5.48. The summed E-state index contributed by atoms with van der Waals surface area (Å²) >= 11 is 0. The molecule has 0 spiro atoms. The second-order valence-electron chi connectivity index (χ2n) is 7.96. The summed E-state index contributed by atoms with van der Waals surface area (Å²) < 4.78 is 7.52. The standard InChI is InChI=1S/C24H25N5O2/c1-16-26-17(2)29(27-16)20-9-7-18(8-10-20)24(30)28-11-12-31-15-21(28)13-19-14-25-23-6-4-3-5-22(19)23/h3-10,14,21,25H,11-13,15H2,1-2H3/t21-/m0/s1. The van der Waals surface area contributed by atoms with Gasteiger partial charge >= 0.3 is 0 Å². The molecule has 31 heavy (non-hydrogen) atoms. The number of para-hydroxylation sites is 1. The third-order valence-corrected chi connectivity index (χ3v) is 5.85. The molecule has 158 valence electrons. The van der Waals surface area contributed by atoms with Crippen LogP contribution >= 0.6 is 0 Å². The lowest BCUT2D eigenvalue weighted by atomic mass is 10.0. The number of H-pyrrole nitrogens is 1. The Labute approximate surface area is 180 Å². The van der Waals surface area contributed by atoms with Crippen LogP contribution in [0.2, 0.25) is 0 Å². The monoisotopic (exact) mass is 415 g/mol. The van der Waals surface area contributed by atoms with E-state index in [1.54, 1.807) is 4.68 Å². The van der Waals surface area contributed by atoms with E-state index in [9.17, 15) is 4.79 Å². The topological polar surface area (TPSA) is 76.0 Å². The van der Waals surface area contributed by atoms with Gasteiger partial charge in [0.2, 0.25) is 0 Å². The van der Waals surface area contributed by atoms with Crippen molar-refractivity contribution in [1.29, 1.82) is 0 Å². The highest BCUT2D eigenvalue weighted by atomic mass is 16.5. The molecule has 5 rings (SSSR count). The van der Waals surface area contributed by atoms with E-state index >= 15 is 0 Å². The number of hydrogen-bond acceptors (Lipinski definition) is 4. The maximum Gasteiger partial charge on any atom is 0.254 e. The summed E-state index contributed by atoms with van der Waals surface area (Å²) in [6, 6.07) is 15.8. The Kier molecular flexibility index (Phi) is 5.03. The van der Waals surface area contributed by atoms with Crippen molar-refractivity contribution < 1.29 is 9.53 Å². The number of nitrogens with zero attached hydrogens (tertiary/aromatic N) is 4. The lowest BCUT2D eigenvalue weighted by Crippen LogP contribution is -2.49. The third-order valence-electron chi connectivity index (χ3n) is 5.85. The molecule has 1 atom stereocenters. The Morgan fingerprint density at radius 3 is 2.74 bits per heavy atom. The average Bonchev–Trinajstić information content (AvgIpc) is 3.36. The van der Waals surface area contributed by atoms with Crippen molar-refractivity contribution >= 4 is 16.8 Å². The van der Waals surface area contributed by atoms with Crippen LogP contribution in [0, 0.1) is 13.8 Å². The molecule has 4 aromatic rings. The summed E-state index contributed by atoms with van der Waals surface area (Å²) in [5.41, 5.74) is 3.88. The van der Waals surface area contributed by atoms with Crippen LogP contribution in [0.4, 0.5) is 0 Å². The van der Waals surface area contributed by atoms with Crippen LogP contribution < -0.4 is 0 Å². The van der Waals surface area contributed by atoms with Crippen molar-refractivity contribution in [2.45, 2.75) is 26.3 Å². The van der Waals surface area contributed by atoms with E-state index in [0.29, 0.717) is 25.3 Å². The number of carbonyl (C=O) groups excluding carboxylic acids is 1. The maximum absolute atomic E-state index is 13.3. The molecule has 1 saturated heterocycles. The van der Waals surface area contributed by atoms with Crippen LogP contribution in [0.15, 0.2) is 54.7 Å². The smallest absolute Gasteiger partial charge is 0.254 e. The largest absolute Gasteiger partial charge is 0.377 e. The van der Waals surface area contributed by atoms with Gasteiger partial charge in [0.15, 0.2) is 0 Å². The molecule has 1 fully saturated rings. The molecular weight excluding hydrogens is 390 g/mol. The van der Waals surface area contributed by atoms with Crippen molar-refractivity contribution in [2.75, 3.05) is 19.8 Å². The number of aryl methyl sites for hydroxylation is 2. The van der Waals surface area contributed by atoms with E-state index in [1.807, 2.05) is 61.3 Å². The molecule has 0 aliphatic carbocycles. The van der Waals surface area contributed by atoms with Crippen LogP contribution in [-0.4, -0.2) is 56.4 Å². The van der Waals surface area contributed by atoms with Gasteiger partial charge in [-0.1, -0.05) is 18.2 Å². The lowest BCUT2D eigenvalue weighted by molar-refractivity contribution is -0.00155. The number of aromatic nitrogens is 4. The van der Waals surface area contributed by atoms with E-state index in [2.05, 4.69) is 27.2 Å². The van der Waals surface area contributed by atoms with Gasteiger partial charge in [-0.25, -0.2) is 9.67 Å². The predicted octanol–water partition coefficient (Wildman–Crippen LogP) is 3.45. The second-order valence-corrected chi connectivity index (χ2v) is 7.96. The van der Waals surface area contributed by atoms with Crippen molar-refractivity contribution in [1.82, 2.24) is 24.6 Å². The van der Waals surface area contributed by atoms with Gasteiger partial charge in [0.1, 0.15) is 11.6 Å². The van der Waals surface area contributed by atoms with E-state index in [-0.39, 0.29) is 11.9 Å². The highest BCUT2D eigenvalue weighted by Gasteiger charge is 2.29. The van der Waals surface area contributed by atoms with Crippen LogP contribution in [0.25, 0.3) is 16.6 Å². The molecule has 1 amide bonds. The molecule has 7 heteroatoms. The molecule has 2 aromatic carbocycles. The van der Waals surface area contributed by atoms with E-state index in [1.165, 1.54) is 10.9 Å². The highest BCUT2D eigenvalue weighted by Crippen LogP contribution is 2.23. The van der Waals surface area contributed by atoms with Gasteiger partial charge in [-0.2, -0.15) is 5.10 Å². The van der Waals surface area contributed by atoms with Gasteiger partial charge < -0.3 is 14.6 Å². The van der Waals surface area contributed by atoms with Crippen molar-refractivity contribution in [3.8, 4) is 5.69 Å². The molecular formula is C24H25N5O2. The lowest BCUT2D eigenvalue weighted by Gasteiger charge is -2.35. The molecule has 0 unspecified atom stereocenters. The number of morpholine rings is 1. The molecule has 1 N–H and O–H groups in total. The van der Waals surface area contributed by atoms with E-state index < -0.39 is 0 Å². The minimum atomic E-state index is 0.000317. The van der Waals surface area contributed by atoms with Gasteiger partial charge in [0.05, 0.1) is 24.9 Å². The molecule has 1 aliphatic rings.